The SMILES string of the molecule is CCOC(=O)c1ccc(-c2cncc(-c3cc(NC(=O)Nc4c(Cl)cncc4Cl)c(=O)n(CC)n3)c2)cc1. The number of pyridine rings is 2. The molecule has 3 aromatic heterocycles. The Morgan fingerprint density at radius 3 is 2.21 bits per heavy atom. The van der Waals surface area contributed by atoms with Gasteiger partial charge in [0.2, 0.25) is 0 Å². The lowest BCUT2D eigenvalue weighted by atomic mass is 10.0. The third-order valence-corrected chi connectivity index (χ3v) is 5.95. The summed E-state index contributed by atoms with van der Waals surface area (Å²) in [5.74, 6) is -0.394. The summed E-state index contributed by atoms with van der Waals surface area (Å²) in [6, 6.07) is 9.54. The van der Waals surface area contributed by atoms with Gasteiger partial charge in [-0.2, -0.15) is 5.10 Å². The van der Waals surface area contributed by atoms with Crippen LogP contribution in [0, 0.1) is 0 Å². The molecule has 0 aliphatic carbocycles. The van der Waals surface area contributed by atoms with Crippen LogP contribution in [0.3, 0.4) is 0 Å². The van der Waals surface area contributed by atoms with E-state index in [9.17, 15) is 14.4 Å². The van der Waals surface area contributed by atoms with Gasteiger partial charge in [-0.1, -0.05) is 35.3 Å². The molecule has 38 heavy (non-hydrogen) atoms. The first kappa shape index (κ1) is 26.8. The molecule has 2 amide bonds. The van der Waals surface area contributed by atoms with Gasteiger partial charge in [-0.3, -0.25) is 14.8 Å². The number of esters is 1. The Morgan fingerprint density at radius 2 is 1.55 bits per heavy atom. The first-order valence-electron chi connectivity index (χ1n) is 11.5. The second-order valence-electron chi connectivity index (χ2n) is 7.88. The van der Waals surface area contributed by atoms with E-state index >= 15 is 0 Å². The van der Waals surface area contributed by atoms with Gasteiger partial charge >= 0.3 is 12.0 Å². The molecule has 0 aliphatic rings. The van der Waals surface area contributed by atoms with E-state index < -0.39 is 17.6 Å². The van der Waals surface area contributed by atoms with Crippen LogP contribution in [0.2, 0.25) is 10.0 Å². The van der Waals surface area contributed by atoms with Gasteiger partial charge in [-0.05, 0) is 43.7 Å². The number of carbonyl (C=O) groups is 2. The molecule has 2 N–H and O–H groups in total. The molecule has 0 spiro atoms. The smallest absolute Gasteiger partial charge is 0.338 e. The summed E-state index contributed by atoms with van der Waals surface area (Å²) in [6.07, 6.45) is 5.95. The Labute approximate surface area is 227 Å². The van der Waals surface area contributed by atoms with Crippen molar-refractivity contribution in [3.63, 3.8) is 0 Å². The van der Waals surface area contributed by atoms with E-state index in [-0.39, 0.29) is 28.0 Å². The Hall–Kier alpha value is -4.28. The van der Waals surface area contributed by atoms with E-state index in [1.165, 1.54) is 23.1 Å². The topological polar surface area (TPSA) is 128 Å². The number of benzene rings is 1. The van der Waals surface area contributed by atoms with Crippen LogP contribution in [0.25, 0.3) is 22.4 Å². The Bertz CT molecular complexity index is 1540. The van der Waals surface area contributed by atoms with Crippen molar-refractivity contribution < 1.29 is 14.3 Å². The number of nitrogens with zero attached hydrogens (tertiary/aromatic N) is 4. The average molecular weight is 553 g/mol. The van der Waals surface area contributed by atoms with E-state index in [1.807, 2.05) is 6.07 Å². The van der Waals surface area contributed by atoms with Crippen LogP contribution < -0.4 is 16.2 Å². The van der Waals surface area contributed by atoms with Gasteiger partial charge in [-0.25, -0.2) is 14.3 Å². The lowest BCUT2D eigenvalue weighted by molar-refractivity contribution is 0.0526. The monoisotopic (exact) mass is 552 g/mol. The number of hydrogen-bond acceptors (Lipinski definition) is 7. The van der Waals surface area contributed by atoms with Crippen molar-refractivity contribution in [1.82, 2.24) is 19.7 Å². The molecule has 0 atom stereocenters. The lowest BCUT2D eigenvalue weighted by Gasteiger charge is -2.13. The van der Waals surface area contributed by atoms with Crippen molar-refractivity contribution in [3.05, 3.63) is 87.1 Å². The number of aromatic nitrogens is 4. The molecule has 3 heterocycles. The molecule has 0 fully saturated rings. The van der Waals surface area contributed by atoms with E-state index in [2.05, 4.69) is 25.7 Å². The molecule has 0 saturated heterocycles. The van der Waals surface area contributed by atoms with Crippen molar-refractivity contribution >= 4 is 46.6 Å². The molecule has 1 aromatic carbocycles. The Kier molecular flexibility index (Phi) is 8.35. The number of aryl methyl sites for hydroxylation is 1. The molecule has 0 radical (unpaired) electrons. The summed E-state index contributed by atoms with van der Waals surface area (Å²) < 4.78 is 6.26. The van der Waals surface area contributed by atoms with E-state index in [1.54, 1.807) is 50.5 Å². The summed E-state index contributed by atoms with van der Waals surface area (Å²) in [6.45, 7) is 4.08. The van der Waals surface area contributed by atoms with Crippen molar-refractivity contribution in [2.45, 2.75) is 20.4 Å². The van der Waals surface area contributed by atoms with E-state index in [0.29, 0.717) is 23.4 Å². The number of halogens is 2. The lowest BCUT2D eigenvalue weighted by Crippen LogP contribution is -2.29. The largest absolute Gasteiger partial charge is 0.462 e. The molecule has 0 unspecified atom stereocenters. The molecule has 194 valence electrons. The van der Waals surface area contributed by atoms with Crippen molar-refractivity contribution in [2.75, 3.05) is 17.2 Å². The van der Waals surface area contributed by atoms with Crippen molar-refractivity contribution in [1.29, 1.82) is 0 Å². The fraction of sp³-hybridized carbons (Fsp3) is 0.154. The molecule has 0 bridgehead atoms. The summed E-state index contributed by atoms with van der Waals surface area (Å²) in [4.78, 5) is 45.6. The van der Waals surface area contributed by atoms with Crippen LogP contribution in [-0.4, -0.2) is 38.4 Å². The number of ether oxygens (including phenoxy) is 1. The van der Waals surface area contributed by atoms with Gasteiger partial charge in [0, 0.05) is 42.5 Å². The molecule has 4 rings (SSSR count). The Balaban J connectivity index is 1.63. The highest BCUT2D eigenvalue weighted by molar-refractivity contribution is 6.39. The third kappa shape index (κ3) is 5.99. The molecule has 0 saturated carbocycles. The summed E-state index contributed by atoms with van der Waals surface area (Å²) in [7, 11) is 0. The fourth-order valence-electron chi connectivity index (χ4n) is 3.54. The van der Waals surface area contributed by atoms with Crippen molar-refractivity contribution in [2.24, 2.45) is 0 Å². The third-order valence-electron chi connectivity index (χ3n) is 5.38. The molecule has 10 nitrogen and oxygen atoms in total. The molecular formula is C26H22Cl2N6O4. The van der Waals surface area contributed by atoms with Crippen LogP contribution in [-0.2, 0) is 11.3 Å². The van der Waals surface area contributed by atoms with Crippen LogP contribution in [0.5, 0.6) is 0 Å². The second-order valence-corrected chi connectivity index (χ2v) is 8.70. The number of rotatable bonds is 7. The number of urea groups is 1. The maximum absolute atomic E-state index is 12.9. The maximum atomic E-state index is 12.9. The first-order chi connectivity index (χ1) is 18.3. The maximum Gasteiger partial charge on any atom is 0.338 e. The molecule has 12 heteroatoms. The van der Waals surface area contributed by atoms with Gasteiger partial charge in [0.25, 0.3) is 5.56 Å². The first-order valence-corrected chi connectivity index (χ1v) is 12.3. The highest BCUT2D eigenvalue weighted by Gasteiger charge is 2.15. The zero-order chi connectivity index (χ0) is 27.2. The number of carbonyl (C=O) groups excluding carboxylic acids is 2. The van der Waals surface area contributed by atoms with Crippen molar-refractivity contribution in [3.8, 4) is 22.4 Å². The van der Waals surface area contributed by atoms with Gasteiger partial charge in [0.15, 0.2) is 0 Å². The van der Waals surface area contributed by atoms with Gasteiger partial charge in [0.05, 0.1) is 33.6 Å². The highest BCUT2D eigenvalue weighted by Crippen LogP contribution is 2.29. The predicted molar refractivity (Wildman–Crippen MR) is 146 cm³/mol. The number of nitrogens with one attached hydrogen (secondary N) is 2. The summed E-state index contributed by atoms with van der Waals surface area (Å²) >= 11 is 12.1. The summed E-state index contributed by atoms with van der Waals surface area (Å²) in [5, 5.41) is 9.79. The van der Waals surface area contributed by atoms with Gasteiger partial charge in [-0.15, -0.1) is 0 Å². The zero-order valence-electron chi connectivity index (χ0n) is 20.4. The zero-order valence-corrected chi connectivity index (χ0v) is 21.9. The van der Waals surface area contributed by atoms with Crippen LogP contribution in [0.1, 0.15) is 24.2 Å². The van der Waals surface area contributed by atoms with E-state index in [0.717, 1.165) is 11.1 Å². The highest BCUT2D eigenvalue weighted by atomic mass is 35.5. The average Bonchev–Trinajstić information content (AvgIpc) is 2.92. The minimum absolute atomic E-state index is 0.000145. The normalized spacial score (nSPS) is 10.6. The van der Waals surface area contributed by atoms with Crippen LogP contribution in [0.15, 0.2) is 66.0 Å². The Morgan fingerprint density at radius 1 is 0.895 bits per heavy atom. The van der Waals surface area contributed by atoms with Crippen LogP contribution >= 0.6 is 23.2 Å². The minimum atomic E-state index is -0.717. The minimum Gasteiger partial charge on any atom is -0.462 e. The molecule has 0 aliphatic heterocycles. The second kappa shape index (κ2) is 11.8. The predicted octanol–water partition coefficient (Wildman–Crippen LogP) is 5.51. The molecule has 4 aromatic rings. The standard InChI is InChI=1S/C26H22Cl2N6O4/c1-3-34-24(35)22(31-26(37)32-23-19(27)13-30-14-20(23)28)10-21(33-34)18-9-17(11-29-12-18)15-5-7-16(8-6-15)25(36)38-4-2/h5-14H,3-4H2,1-2H3,(H2,30,31,32,37). The summed E-state index contributed by atoms with van der Waals surface area (Å²) in [5.41, 5.74) is 2.73. The number of anilines is 2. The van der Waals surface area contributed by atoms with Gasteiger partial charge < -0.3 is 15.4 Å². The van der Waals surface area contributed by atoms with E-state index in [4.69, 9.17) is 27.9 Å². The fourth-order valence-corrected chi connectivity index (χ4v) is 3.99. The number of amides is 2. The van der Waals surface area contributed by atoms with Gasteiger partial charge in [0.1, 0.15) is 5.69 Å². The van der Waals surface area contributed by atoms with Crippen LogP contribution in [0.4, 0.5) is 16.2 Å². The quantitative estimate of drug-likeness (QED) is 0.289. The number of hydrogen-bond donors (Lipinski definition) is 2. The molecular weight excluding hydrogens is 531 g/mol.